The summed E-state index contributed by atoms with van der Waals surface area (Å²) >= 11 is 3.46. The highest BCUT2D eigenvalue weighted by molar-refractivity contribution is 9.10. The minimum Gasteiger partial charge on any atom is -0.310 e. The molecule has 3 rings (SSSR count). The summed E-state index contributed by atoms with van der Waals surface area (Å²) in [5.41, 5.74) is 0.916. The van der Waals surface area contributed by atoms with Gasteiger partial charge in [-0.1, -0.05) is 22.0 Å². The number of rotatable bonds is 4. The molecule has 0 amide bonds. The Morgan fingerprint density at radius 2 is 2.10 bits per heavy atom. The molecule has 0 atom stereocenters. The van der Waals surface area contributed by atoms with E-state index in [1.54, 1.807) is 12.1 Å². The van der Waals surface area contributed by atoms with Crippen molar-refractivity contribution < 1.29 is 13.2 Å². The fourth-order valence-corrected chi connectivity index (χ4v) is 2.48. The highest BCUT2D eigenvalue weighted by Crippen LogP contribution is 2.30. The number of halogens is 4. The third-order valence-corrected chi connectivity index (χ3v) is 4.11. The van der Waals surface area contributed by atoms with E-state index in [4.69, 9.17) is 0 Å². The highest BCUT2D eigenvalue weighted by atomic mass is 79.9. The Morgan fingerprint density at radius 3 is 2.67 bits per heavy atom. The summed E-state index contributed by atoms with van der Waals surface area (Å²) in [6.45, 7) is 0.748. The number of benzene rings is 1. The quantitative estimate of drug-likeness (QED) is 0.896. The van der Waals surface area contributed by atoms with E-state index < -0.39 is 11.7 Å². The summed E-state index contributed by atoms with van der Waals surface area (Å²) in [7, 11) is 0. The summed E-state index contributed by atoms with van der Waals surface area (Å²) < 4.78 is 39.8. The van der Waals surface area contributed by atoms with Crippen LogP contribution in [0.2, 0.25) is 0 Å². The molecule has 1 N–H and O–H groups in total. The fraction of sp³-hybridized carbons (Fsp3) is 0.357. The molecule has 7 heteroatoms. The van der Waals surface area contributed by atoms with Crippen LogP contribution in [0.25, 0.3) is 5.69 Å². The van der Waals surface area contributed by atoms with Crippen LogP contribution in [0.1, 0.15) is 24.0 Å². The first-order chi connectivity index (χ1) is 9.93. The lowest BCUT2D eigenvalue weighted by Gasteiger charge is -2.08. The van der Waals surface area contributed by atoms with Crippen LogP contribution in [0.4, 0.5) is 13.2 Å². The predicted molar refractivity (Wildman–Crippen MR) is 76.1 cm³/mol. The van der Waals surface area contributed by atoms with Gasteiger partial charge in [-0.15, -0.1) is 0 Å². The van der Waals surface area contributed by atoms with Gasteiger partial charge in [0.2, 0.25) is 0 Å². The number of nitrogens with one attached hydrogen (secondary N) is 1. The van der Waals surface area contributed by atoms with E-state index in [0.717, 1.165) is 29.0 Å². The molecule has 1 aliphatic rings. The van der Waals surface area contributed by atoms with Crippen molar-refractivity contribution in [3.8, 4) is 5.69 Å². The maximum atomic E-state index is 12.6. The Hall–Kier alpha value is -1.34. The van der Waals surface area contributed by atoms with Gasteiger partial charge in [0, 0.05) is 23.3 Å². The molecule has 1 saturated carbocycles. The van der Waals surface area contributed by atoms with Crippen molar-refractivity contribution in [2.75, 3.05) is 0 Å². The van der Waals surface area contributed by atoms with Crippen LogP contribution in [0.5, 0.6) is 0 Å². The minimum absolute atomic E-state index is 0.590. The summed E-state index contributed by atoms with van der Waals surface area (Å²) in [4.78, 5) is 0. The third-order valence-electron chi connectivity index (χ3n) is 3.37. The summed E-state index contributed by atoms with van der Waals surface area (Å²) in [5.74, 6) is 0. The maximum absolute atomic E-state index is 12.6. The first-order valence-electron chi connectivity index (χ1n) is 6.57. The van der Waals surface area contributed by atoms with Gasteiger partial charge in [0.25, 0.3) is 0 Å². The predicted octanol–water partition coefficient (Wildman–Crippen LogP) is 3.91. The molecule has 0 saturated heterocycles. The summed E-state index contributed by atoms with van der Waals surface area (Å²) in [5, 5.41) is 7.16. The molecular weight excluding hydrogens is 347 g/mol. The number of nitrogens with zero attached hydrogens (tertiary/aromatic N) is 2. The van der Waals surface area contributed by atoms with E-state index in [2.05, 4.69) is 26.3 Å². The van der Waals surface area contributed by atoms with Crippen LogP contribution in [0.3, 0.4) is 0 Å². The lowest BCUT2D eigenvalue weighted by molar-refractivity contribution is -0.137. The molecule has 0 bridgehead atoms. The van der Waals surface area contributed by atoms with Crippen molar-refractivity contribution in [2.45, 2.75) is 31.6 Å². The molecule has 21 heavy (non-hydrogen) atoms. The van der Waals surface area contributed by atoms with Crippen LogP contribution in [0.15, 0.2) is 35.1 Å². The second-order valence-corrected chi connectivity index (χ2v) is 5.96. The smallest absolute Gasteiger partial charge is 0.310 e. The Morgan fingerprint density at radius 1 is 1.33 bits per heavy atom. The monoisotopic (exact) mass is 359 g/mol. The summed E-state index contributed by atoms with van der Waals surface area (Å²) in [6, 6.07) is 6.04. The van der Waals surface area contributed by atoms with Gasteiger partial charge in [-0.3, -0.25) is 0 Å². The molecular formula is C14H13BrF3N3. The molecule has 0 aliphatic heterocycles. The van der Waals surface area contributed by atoms with E-state index in [9.17, 15) is 13.2 Å². The first-order valence-corrected chi connectivity index (χ1v) is 7.37. The van der Waals surface area contributed by atoms with Gasteiger partial charge in [-0.05, 0) is 30.5 Å². The molecule has 112 valence electrons. The largest absolute Gasteiger partial charge is 0.419 e. The van der Waals surface area contributed by atoms with Crippen LogP contribution < -0.4 is 5.32 Å². The molecule has 1 fully saturated rings. The van der Waals surface area contributed by atoms with Gasteiger partial charge in [-0.25, -0.2) is 4.68 Å². The van der Waals surface area contributed by atoms with Crippen molar-refractivity contribution >= 4 is 15.9 Å². The number of aromatic nitrogens is 2. The molecule has 1 aromatic carbocycles. The second-order valence-electron chi connectivity index (χ2n) is 5.10. The first kappa shape index (κ1) is 14.6. The molecule has 3 nitrogen and oxygen atoms in total. The molecule has 1 aromatic heterocycles. The van der Waals surface area contributed by atoms with Crippen LogP contribution in [0, 0.1) is 0 Å². The molecule has 0 spiro atoms. The lowest BCUT2D eigenvalue weighted by Crippen LogP contribution is -2.15. The molecule has 0 radical (unpaired) electrons. The molecule has 1 aliphatic carbocycles. The van der Waals surface area contributed by atoms with E-state index in [0.29, 0.717) is 11.7 Å². The van der Waals surface area contributed by atoms with E-state index in [1.165, 1.54) is 17.5 Å². The standard InChI is InChI=1S/C14H13BrF3N3/c15-13-5-12(4-1-9(13)6-19-11-2-3-11)21-8-10(7-20-21)14(16,17)18/h1,4-5,7-8,11,19H,2-3,6H2. The molecule has 0 unspecified atom stereocenters. The number of alkyl halides is 3. The topological polar surface area (TPSA) is 29.9 Å². The SMILES string of the molecule is FC(F)(F)c1cnn(-c2ccc(CNC3CC3)c(Br)c2)c1. The van der Waals surface area contributed by atoms with Crippen molar-refractivity contribution in [1.29, 1.82) is 0 Å². The van der Waals surface area contributed by atoms with Gasteiger partial charge in [0.1, 0.15) is 0 Å². The van der Waals surface area contributed by atoms with Gasteiger partial charge < -0.3 is 5.32 Å². The van der Waals surface area contributed by atoms with Crippen molar-refractivity contribution in [1.82, 2.24) is 15.1 Å². The number of hydrogen-bond donors (Lipinski definition) is 1. The maximum Gasteiger partial charge on any atom is 0.419 e. The van der Waals surface area contributed by atoms with E-state index >= 15 is 0 Å². The summed E-state index contributed by atoms with van der Waals surface area (Å²) in [6.07, 6.45) is -0.129. The van der Waals surface area contributed by atoms with Crippen LogP contribution >= 0.6 is 15.9 Å². The average Bonchev–Trinajstić information content (AvgIpc) is 3.09. The van der Waals surface area contributed by atoms with Crippen molar-refractivity contribution in [3.05, 3.63) is 46.2 Å². The normalized spacial score (nSPS) is 15.4. The fourth-order valence-electron chi connectivity index (χ4n) is 1.97. The van der Waals surface area contributed by atoms with Gasteiger partial charge in [0.05, 0.1) is 17.4 Å². The van der Waals surface area contributed by atoms with Crippen LogP contribution in [-0.4, -0.2) is 15.8 Å². The Balaban J connectivity index is 1.79. The highest BCUT2D eigenvalue weighted by Gasteiger charge is 2.32. The molecule has 2 aromatic rings. The van der Waals surface area contributed by atoms with Crippen molar-refractivity contribution in [3.63, 3.8) is 0 Å². The number of hydrogen-bond acceptors (Lipinski definition) is 2. The Bertz CT molecular complexity index is 647. The third kappa shape index (κ3) is 3.47. The van der Waals surface area contributed by atoms with Gasteiger partial charge >= 0.3 is 6.18 Å². The zero-order valence-corrected chi connectivity index (χ0v) is 12.6. The zero-order valence-electron chi connectivity index (χ0n) is 11.0. The second kappa shape index (κ2) is 5.46. The van der Waals surface area contributed by atoms with Crippen molar-refractivity contribution in [2.24, 2.45) is 0 Å². The average molecular weight is 360 g/mol. The van der Waals surface area contributed by atoms with Gasteiger partial charge in [-0.2, -0.15) is 18.3 Å². The van der Waals surface area contributed by atoms with Gasteiger partial charge in [0.15, 0.2) is 0 Å². The Kier molecular flexibility index (Phi) is 3.79. The molecule has 1 heterocycles. The zero-order chi connectivity index (χ0) is 15.0. The minimum atomic E-state index is -4.37. The Labute approximate surface area is 128 Å². The lowest BCUT2D eigenvalue weighted by atomic mass is 10.2. The van der Waals surface area contributed by atoms with Crippen LogP contribution in [-0.2, 0) is 12.7 Å². The van der Waals surface area contributed by atoms with E-state index in [1.807, 2.05) is 6.07 Å². The van der Waals surface area contributed by atoms with E-state index in [-0.39, 0.29) is 0 Å².